The van der Waals surface area contributed by atoms with Crippen LogP contribution >= 0.6 is 38.2 Å². The van der Waals surface area contributed by atoms with E-state index in [0.717, 1.165) is 0 Å². The van der Waals surface area contributed by atoms with Crippen molar-refractivity contribution in [2.75, 3.05) is 26.3 Å². The summed E-state index contributed by atoms with van der Waals surface area (Å²) in [6.45, 7) is 1.76. The molecule has 0 unspecified atom stereocenters. The van der Waals surface area contributed by atoms with Crippen molar-refractivity contribution < 1.29 is 17.9 Å². The van der Waals surface area contributed by atoms with Gasteiger partial charge in [-0.25, -0.2) is 8.42 Å². The zero-order chi connectivity index (χ0) is 14.9. The van der Waals surface area contributed by atoms with Gasteiger partial charge in [0.15, 0.2) is 0 Å². The molecule has 1 saturated heterocycles. The topological polar surface area (TPSA) is 63.7 Å². The second-order valence-electron chi connectivity index (χ2n) is 4.11. The number of hydrogen-bond donors (Lipinski definition) is 0. The predicted molar refractivity (Wildman–Crippen MR) is 78.9 cm³/mol. The molecule has 0 N–H and O–H groups in total. The van der Waals surface area contributed by atoms with Gasteiger partial charge in [0.05, 0.1) is 23.8 Å². The fourth-order valence-corrected chi connectivity index (χ4v) is 4.01. The normalized spacial score (nSPS) is 16.2. The van der Waals surface area contributed by atoms with Crippen LogP contribution in [0.4, 0.5) is 0 Å². The average molecular weight is 403 g/mol. The molecule has 1 aliphatic heterocycles. The first-order valence-electron chi connectivity index (χ1n) is 5.61. The van der Waals surface area contributed by atoms with Crippen LogP contribution in [0, 0.1) is 0 Å². The number of benzene rings is 1. The van der Waals surface area contributed by atoms with Crippen molar-refractivity contribution in [2.24, 2.45) is 0 Å². The molecular formula is C11H10BrCl2NO4S. The van der Waals surface area contributed by atoms with E-state index in [4.69, 9.17) is 27.0 Å². The molecule has 0 radical (unpaired) electrons. The summed E-state index contributed by atoms with van der Waals surface area (Å²) in [7, 11) is 1.29. The molecule has 110 valence electrons. The molecule has 1 fully saturated rings. The van der Waals surface area contributed by atoms with Crippen molar-refractivity contribution in [1.82, 2.24) is 4.90 Å². The molecule has 0 aliphatic carbocycles. The summed E-state index contributed by atoms with van der Waals surface area (Å²) in [6, 6.07) is 2.74. The lowest BCUT2D eigenvalue weighted by atomic mass is 10.2. The third-order valence-electron chi connectivity index (χ3n) is 2.80. The lowest BCUT2D eigenvalue weighted by molar-refractivity contribution is 0.0303. The summed E-state index contributed by atoms with van der Waals surface area (Å²) in [5.74, 6) is -0.346. The summed E-state index contributed by atoms with van der Waals surface area (Å²) in [5, 5.41) is -0.167. The molecule has 0 atom stereocenters. The van der Waals surface area contributed by atoms with E-state index in [2.05, 4.69) is 15.9 Å². The third kappa shape index (κ3) is 3.46. The zero-order valence-electron chi connectivity index (χ0n) is 10.1. The van der Waals surface area contributed by atoms with Gasteiger partial charge in [0.2, 0.25) is 0 Å². The van der Waals surface area contributed by atoms with Crippen LogP contribution in [0.15, 0.2) is 21.5 Å². The first kappa shape index (κ1) is 16.0. The summed E-state index contributed by atoms with van der Waals surface area (Å²) >= 11 is 9.17. The summed E-state index contributed by atoms with van der Waals surface area (Å²) in [5.41, 5.74) is 0.0992. The fraction of sp³-hybridized carbons (Fsp3) is 0.364. The largest absolute Gasteiger partial charge is 0.378 e. The number of ether oxygens (including phenoxy) is 1. The molecule has 1 aromatic carbocycles. The van der Waals surface area contributed by atoms with Gasteiger partial charge in [0, 0.05) is 28.2 Å². The molecule has 0 spiro atoms. The number of carbonyl (C=O) groups excluding carboxylic acids is 1. The molecule has 1 amide bonds. The quantitative estimate of drug-likeness (QED) is 0.713. The van der Waals surface area contributed by atoms with Crippen molar-refractivity contribution in [3.05, 3.63) is 27.2 Å². The summed E-state index contributed by atoms with van der Waals surface area (Å²) < 4.78 is 28.5. The van der Waals surface area contributed by atoms with Crippen LogP contribution in [0.25, 0.3) is 0 Å². The van der Waals surface area contributed by atoms with Crippen molar-refractivity contribution in [3.8, 4) is 0 Å². The van der Waals surface area contributed by atoms with Crippen LogP contribution in [0.3, 0.4) is 0 Å². The molecule has 0 saturated carbocycles. The van der Waals surface area contributed by atoms with Gasteiger partial charge in [0.25, 0.3) is 15.0 Å². The number of hydrogen-bond acceptors (Lipinski definition) is 4. The highest BCUT2D eigenvalue weighted by atomic mass is 79.9. The maximum atomic E-state index is 12.4. The third-order valence-corrected chi connectivity index (χ3v) is 5.12. The maximum Gasteiger partial charge on any atom is 0.262 e. The zero-order valence-corrected chi connectivity index (χ0v) is 14.0. The number of amides is 1. The minimum absolute atomic E-state index is 0.0992. The lowest BCUT2D eigenvalue weighted by Crippen LogP contribution is -2.40. The van der Waals surface area contributed by atoms with Gasteiger partial charge < -0.3 is 9.64 Å². The summed E-state index contributed by atoms with van der Waals surface area (Å²) in [4.78, 5) is 13.7. The molecular weight excluding hydrogens is 393 g/mol. The predicted octanol–water partition coefficient (Wildman–Crippen LogP) is 2.50. The van der Waals surface area contributed by atoms with E-state index in [1.165, 1.54) is 12.1 Å². The molecule has 0 bridgehead atoms. The van der Waals surface area contributed by atoms with E-state index < -0.39 is 9.05 Å². The van der Waals surface area contributed by atoms with Gasteiger partial charge in [-0.05, 0) is 12.1 Å². The minimum atomic E-state index is -4.03. The van der Waals surface area contributed by atoms with Crippen molar-refractivity contribution in [1.29, 1.82) is 0 Å². The van der Waals surface area contributed by atoms with E-state index in [9.17, 15) is 13.2 Å². The number of rotatable bonds is 2. The molecule has 9 heteroatoms. The minimum Gasteiger partial charge on any atom is -0.378 e. The van der Waals surface area contributed by atoms with E-state index in [-0.39, 0.29) is 21.4 Å². The Labute approximate surface area is 134 Å². The van der Waals surface area contributed by atoms with Gasteiger partial charge in [-0.15, -0.1) is 0 Å². The van der Waals surface area contributed by atoms with Crippen LogP contribution in [0.5, 0.6) is 0 Å². The Bertz CT molecular complexity index is 644. The molecule has 1 aromatic rings. The van der Waals surface area contributed by atoms with Gasteiger partial charge in [0.1, 0.15) is 4.90 Å². The van der Waals surface area contributed by atoms with Crippen LogP contribution in [0.1, 0.15) is 10.4 Å². The maximum absolute atomic E-state index is 12.4. The number of nitrogens with zero attached hydrogens (tertiary/aromatic N) is 1. The molecule has 20 heavy (non-hydrogen) atoms. The van der Waals surface area contributed by atoms with E-state index in [1.54, 1.807) is 4.90 Å². The SMILES string of the molecule is O=C(c1cc(Br)cc(S(=O)(=O)Cl)c1Cl)N1CCOCC1. The smallest absolute Gasteiger partial charge is 0.262 e. The van der Waals surface area contributed by atoms with Crippen LogP contribution in [0.2, 0.25) is 5.02 Å². The Hall–Kier alpha value is -0.340. The monoisotopic (exact) mass is 401 g/mol. The van der Waals surface area contributed by atoms with Crippen LogP contribution in [-0.2, 0) is 13.8 Å². The van der Waals surface area contributed by atoms with Gasteiger partial charge >= 0.3 is 0 Å². The van der Waals surface area contributed by atoms with E-state index >= 15 is 0 Å². The Balaban J connectivity index is 2.46. The highest BCUT2D eigenvalue weighted by Crippen LogP contribution is 2.32. The second kappa shape index (κ2) is 6.19. The first-order valence-corrected chi connectivity index (χ1v) is 9.09. The Morgan fingerprint density at radius 1 is 1.30 bits per heavy atom. The number of halogens is 3. The first-order chi connectivity index (χ1) is 9.30. The Morgan fingerprint density at radius 2 is 1.90 bits per heavy atom. The van der Waals surface area contributed by atoms with E-state index in [1.807, 2.05) is 0 Å². The lowest BCUT2D eigenvalue weighted by Gasteiger charge is -2.27. The summed E-state index contributed by atoms with van der Waals surface area (Å²) in [6.07, 6.45) is 0. The second-order valence-corrected chi connectivity index (χ2v) is 7.94. The van der Waals surface area contributed by atoms with E-state index in [0.29, 0.717) is 30.8 Å². The highest BCUT2D eigenvalue weighted by molar-refractivity contribution is 9.10. The van der Waals surface area contributed by atoms with Crippen molar-refractivity contribution in [3.63, 3.8) is 0 Å². The van der Waals surface area contributed by atoms with Gasteiger partial charge in [-0.3, -0.25) is 4.79 Å². The Kier molecular flexibility index (Phi) is 4.96. The van der Waals surface area contributed by atoms with Crippen molar-refractivity contribution >= 4 is 53.2 Å². The van der Waals surface area contributed by atoms with Crippen LogP contribution in [-0.4, -0.2) is 45.5 Å². The highest BCUT2D eigenvalue weighted by Gasteiger charge is 2.26. The van der Waals surface area contributed by atoms with Gasteiger partial charge in [-0.2, -0.15) is 0 Å². The Morgan fingerprint density at radius 3 is 2.45 bits per heavy atom. The fourth-order valence-electron chi connectivity index (χ4n) is 1.83. The van der Waals surface area contributed by atoms with Crippen LogP contribution < -0.4 is 0 Å². The number of carbonyl (C=O) groups is 1. The van der Waals surface area contributed by atoms with Gasteiger partial charge in [-0.1, -0.05) is 27.5 Å². The molecule has 1 aliphatic rings. The standard InChI is InChI=1S/C11H10BrCl2NO4S/c12-7-5-8(10(13)9(6-7)20(14,17)18)11(16)15-1-3-19-4-2-15/h5-6H,1-4H2. The number of morpholine rings is 1. The average Bonchev–Trinajstić information content (AvgIpc) is 2.40. The van der Waals surface area contributed by atoms with Crippen molar-refractivity contribution in [2.45, 2.75) is 4.90 Å². The molecule has 2 rings (SSSR count). The molecule has 5 nitrogen and oxygen atoms in total. The molecule has 0 aromatic heterocycles. The molecule has 1 heterocycles.